The van der Waals surface area contributed by atoms with E-state index in [1.807, 2.05) is 36.1 Å². The number of hydrogen-bond donors (Lipinski definition) is 1. The van der Waals surface area contributed by atoms with E-state index in [1.54, 1.807) is 18.2 Å². The van der Waals surface area contributed by atoms with E-state index in [1.165, 1.54) is 0 Å². The smallest absolute Gasteiger partial charge is 0.313 e. The molecule has 0 spiro atoms. The monoisotopic (exact) mass is 452 g/mol. The Morgan fingerprint density at radius 3 is 2.52 bits per heavy atom. The van der Waals surface area contributed by atoms with Crippen molar-refractivity contribution < 1.29 is 14.7 Å². The van der Waals surface area contributed by atoms with Crippen molar-refractivity contribution in [3.8, 4) is 0 Å². The first kappa shape index (κ1) is 21.8. The molecule has 0 aliphatic carbocycles. The van der Waals surface area contributed by atoms with Crippen molar-refractivity contribution in [3.05, 3.63) is 58.1 Å². The molecular formula is C21H22Cl2N2O3S. The molecule has 2 aromatic rings. The molecule has 29 heavy (non-hydrogen) atoms. The van der Waals surface area contributed by atoms with Gasteiger partial charge in [0.2, 0.25) is 0 Å². The molecule has 2 aromatic carbocycles. The van der Waals surface area contributed by atoms with Crippen LogP contribution in [0.4, 0.5) is 5.69 Å². The number of nitrogens with zero attached hydrogens (tertiary/aromatic N) is 2. The van der Waals surface area contributed by atoms with Crippen molar-refractivity contribution in [2.75, 3.05) is 23.7 Å². The lowest BCUT2D eigenvalue weighted by Gasteiger charge is -2.46. The van der Waals surface area contributed by atoms with Crippen molar-refractivity contribution in [1.82, 2.24) is 4.90 Å². The number of carbonyl (C=O) groups excluding carboxylic acids is 1. The van der Waals surface area contributed by atoms with Crippen LogP contribution in [0.3, 0.4) is 0 Å². The molecule has 1 heterocycles. The highest BCUT2D eigenvalue weighted by Crippen LogP contribution is 2.30. The molecule has 0 aromatic heterocycles. The number of benzene rings is 2. The summed E-state index contributed by atoms with van der Waals surface area (Å²) in [6.07, 6.45) is 0. The van der Waals surface area contributed by atoms with Gasteiger partial charge < -0.3 is 14.9 Å². The minimum atomic E-state index is -0.911. The number of carbonyl (C=O) groups is 2. The van der Waals surface area contributed by atoms with Crippen LogP contribution in [0.15, 0.2) is 47.4 Å². The summed E-state index contributed by atoms with van der Waals surface area (Å²) in [6.45, 7) is 5.43. The van der Waals surface area contributed by atoms with Gasteiger partial charge in [0.25, 0.3) is 5.91 Å². The molecule has 154 valence electrons. The minimum Gasteiger partial charge on any atom is -0.481 e. The van der Waals surface area contributed by atoms with Crippen LogP contribution >= 0.6 is 35.0 Å². The minimum absolute atomic E-state index is 0.00457. The second-order valence-corrected chi connectivity index (χ2v) is 8.84. The van der Waals surface area contributed by atoms with E-state index in [2.05, 4.69) is 11.8 Å². The van der Waals surface area contributed by atoms with Crippen LogP contribution in [0.1, 0.15) is 24.2 Å². The highest BCUT2D eigenvalue weighted by atomic mass is 35.5. The predicted octanol–water partition coefficient (Wildman–Crippen LogP) is 4.91. The molecule has 0 bridgehead atoms. The molecule has 1 aliphatic heterocycles. The van der Waals surface area contributed by atoms with Crippen LogP contribution in [-0.2, 0) is 4.79 Å². The Morgan fingerprint density at radius 1 is 1.10 bits per heavy atom. The first-order chi connectivity index (χ1) is 13.8. The predicted molar refractivity (Wildman–Crippen MR) is 119 cm³/mol. The number of anilines is 1. The third-order valence-electron chi connectivity index (χ3n) is 5.19. The van der Waals surface area contributed by atoms with Crippen LogP contribution < -0.4 is 4.90 Å². The maximum atomic E-state index is 13.1. The molecule has 2 unspecified atom stereocenters. The molecule has 1 saturated heterocycles. The lowest BCUT2D eigenvalue weighted by Crippen LogP contribution is -2.59. The van der Waals surface area contributed by atoms with Crippen molar-refractivity contribution in [2.45, 2.75) is 30.8 Å². The third kappa shape index (κ3) is 5.00. The lowest BCUT2D eigenvalue weighted by molar-refractivity contribution is -0.133. The molecule has 1 fully saturated rings. The van der Waals surface area contributed by atoms with Crippen LogP contribution in [0.5, 0.6) is 0 Å². The summed E-state index contributed by atoms with van der Waals surface area (Å²) in [5.41, 5.74) is 1.55. The molecule has 1 N–H and O–H groups in total. The Hall–Kier alpha value is -1.89. The number of thioether (sulfide) groups is 1. The second kappa shape index (κ2) is 9.28. The zero-order valence-corrected chi connectivity index (χ0v) is 18.5. The van der Waals surface area contributed by atoms with E-state index in [0.717, 1.165) is 17.4 Å². The van der Waals surface area contributed by atoms with E-state index >= 15 is 0 Å². The standard InChI is InChI=1S/C21H22Cl2N2O3S/c1-13-14(2)25(9-8-24(13)17-5-3-4-16(22)11-17)21(28)15-6-7-19(18(23)10-15)29-12-20(26)27/h3-7,10-11,13-14H,8-9,12H2,1-2H3,(H,26,27). The summed E-state index contributed by atoms with van der Waals surface area (Å²) in [5, 5.41) is 9.90. The van der Waals surface area contributed by atoms with Crippen molar-refractivity contribution in [2.24, 2.45) is 0 Å². The molecule has 1 aliphatic rings. The fraction of sp³-hybridized carbons (Fsp3) is 0.333. The summed E-state index contributed by atoms with van der Waals surface area (Å²) < 4.78 is 0. The molecule has 1 amide bonds. The van der Waals surface area contributed by atoms with Crippen LogP contribution in [0.25, 0.3) is 0 Å². The van der Waals surface area contributed by atoms with E-state index in [0.29, 0.717) is 33.6 Å². The van der Waals surface area contributed by atoms with Gasteiger partial charge in [0.05, 0.1) is 10.8 Å². The topological polar surface area (TPSA) is 60.9 Å². The largest absolute Gasteiger partial charge is 0.481 e. The maximum absolute atomic E-state index is 13.1. The first-order valence-corrected chi connectivity index (χ1v) is 11.0. The van der Waals surface area contributed by atoms with E-state index in [-0.39, 0.29) is 23.7 Å². The number of hydrogen-bond acceptors (Lipinski definition) is 4. The number of piperazine rings is 1. The van der Waals surface area contributed by atoms with Gasteiger partial charge in [-0.05, 0) is 50.2 Å². The van der Waals surface area contributed by atoms with Crippen molar-refractivity contribution in [3.63, 3.8) is 0 Å². The van der Waals surface area contributed by atoms with Crippen molar-refractivity contribution in [1.29, 1.82) is 0 Å². The van der Waals surface area contributed by atoms with Crippen molar-refractivity contribution >= 4 is 52.5 Å². The third-order valence-corrected chi connectivity index (χ3v) is 6.91. The fourth-order valence-corrected chi connectivity index (χ4v) is 4.67. The van der Waals surface area contributed by atoms with Gasteiger partial charge in [-0.15, -0.1) is 11.8 Å². The van der Waals surface area contributed by atoms with Gasteiger partial charge in [-0.2, -0.15) is 0 Å². The van der Waals surface area contributed by atoms with Gasteiger partial charge in [-0.3, -0.25) is 9.59 Å². The summed E-state index contributed by atoms with van der Waals surface area (Å²) in [6, 6.07) is 12.9. The molecular weight excluding hydrogens is 431 g/mol. The second-order valence-electron chi connectivity index (χ2n) is 6.98. The first-order valence-electron chi connectivity index (χ1n) is 9.25. The fourth-order valence-electron chi connectivity index (χ4n) is 3.51. The van der Waals surface area contributed by atoms with E-state index < -0.39 is 5.97 Å². The van der Waals surface area contributed by atoms with Crippen LogP contribution in [-0.4, -0.2) is 52.8 Å². The number of carboxylic acids is 1. The van der Waals surface area contributed by atoms with Gasteiger partial charge in [0, 0.05) is 46.3 Å². The van der Waals surface area contributed by atoms with E-state index in [4.69, 9.17) is 28.3 Å². The van der Waals surface area contributed by atoms with Gasteiger partial charge in [0.15, 0.2) is 0 Å². The van der Waals surface area contributed by atoms with Gasteiger partial charge >= 0.3 is 5.97 Å². The number of carboxylic acid groups (broad SMARTS) is 1. The zero-order chi connectivity index (χ0) is 21.1. The average molecular weight is 453 g/mol. The Balaban J connectivity index is 1.73. The summed E-state index contributed by atoms with van der Waals surface area (Å²) in [5.74, 6) is -1.06. The number of halogens is 2. The molecule has 2 atom stereocenters. The van der Waals surface area contributed by atoms with Gasteiger partial charge in [-0.25, -0.2) is 0 Å². The van der Waals surface area contributed by atoms with E-state index in [9.17, 15) is 9.59 Å². The molecule has 0 saturated carbocycles. The molecule has 5 nitrogen and oxygen atoms in total. The quantitative estimate of drug-likeness (QED) is 0.652. The summed E-state index contributed by atoms with van der Waals surface area (Å²) in [4.78, 5) is 28.6. The number of amides is 1. The lowest BCUT2D eigenvalue weighted by atomic mass is 10.0. The number of aliphatic carboxylic acids is 1. The Morgan fingerprint density at radius 2 is 1.86 bits per heavy atom. The average Bonchev–Trinajstić information content (AvgIpc) is 2.68. The van der Waals surface area contributed by atoms with Gasteiger partial charge in [0.1, 0.15) is 0 Å². The summed E-state index contributed by atoms with van der Waals surface area (Å²) >= 11 is 13.5. The molecule has 0 radical (unpaired) electrons. The molecule has 3 rings (SSSR count). The number of rotatable bonds is 5. The zero-order valence-electron chi connectivity index (χ0n) is 16.1. The van der Waals surface area contributed by atoms with Gasteiger partial charge in [-0.1, -0.05) is 29.3 Å². The van der Waals surface area contributed by atoms with Crippen LogP contribution in [0, 0.1) is 0 Å². The Labute approximate surface area is 184 Å². The maximum Gasteiger partial charge on any atom is 0.313 e. The Bertz CT molecular complexity index is 925. The molecule has 8 heteroatoms. The SMILES string of the molecule is CC1C(C)N(c2cccc(Cl)c2)CCN1C(=O)c1ccc(SCC(=O)O)c(Cl)c1. The summed E-state index contributed by atoms with van der Waals surface area (Å²) in [7, 11) is 0. The highest BCUT2D eigenvalue weighted by molar-refractivity contribution is 8.00. The highest BCUT2D eigenvalue weighted by Gasteiger charge is 2.34. The Kier molecular flexibility index (Phi) is 6.98. The normalized spacial score (nSPS) is 19.3. The van der Waals surface area contributed by atoms with Crippen LogP contribution in [0.2, 0.25) is 10.0 Å².